The fourth-order valence-electron chi connectivity index (χ4n) is 1.54. The van der Waals surface area contributed by atoms with Crippen molar-refractivity contribution in [3.05, 3.63) is 0 Å². The molecule has 0 saturated heterocycles. The fraction of sp³-hybridized carbons (Fsp3) is 1.00. The van der Waals surface area contributed by atoms with Gasteiger partial charge >= 0.3 is 60.6 Å². The molecule has 0 spiro atoms. The third-order valence-electron chi connectivity index (χ3n) is 3.46. The fourth-order valence-corrected chi connectivity index (χ4v) is 1.54. The van der Waals surface area contributed by atoms with Crippen molar-refractivity contribution < 1.29 is 93.5 Å². The van der Waals surface area contributed by atoms with Gasteiger partial charge in [0.05, 0.1) is 0 Å². The van der Waals surface area contributed by atoms with Crippen molar-refractivity contribution in [1.82, 2.24) is 0 Å². The second-order valence-electron chi connectivity index (χ2n) is 5.52. The van der Waals surface area contributed by atoms with Crippen LogP contribution in [0.5, 0.6) is 0 Å². The summed E-state index contributed by atoms with van der Waals surface area (Å²) in [5.41, 5.74) is 0. The number of hydrogen-bond donors (Lipinski definition) is 2. The SMILES string of the molecule is OB(O)C(F)(F)C(F)(F)C(F)(F)C(F)(F)C(F)(F)C(F)(F)C(F)(F)C(F)(F)C(F)(F)F. The van der Waals surface area contributed by atoms with E-state index in [1.807, 2.05) is 0 Å². The van der Waals surface area contributed by atoms with E-state index >= 15 is 0 Å². The first-order valence-corrected chi connectivity index (χ1v) is 6.40. The predicted octanol–water partition coefficient (Wildman–Crippen LogP) is 4.64. The van der Waals surface area contributed by atoms with Gasteiger partial charge in [-0.25, -0.2) is 8.78 Å². The largest absolute Gasteiger partial charge is 0.536 e. The zero-order chi connectivity index (χ0) is 26.1. The topological polar surface area (TPSA) is 40.5 Å². The van der Waals surface area contributed by atoms with Crippen molar-refractivity contribution in [1.29, 1.82) is 0 Å². The molecule has 0 bridgehead atoms. The Bertz CT molecular complexity index is 664. The Morgan fingerprint density at radius 3 is 0.710 bits per heavy atom. The van der Waals surface area contributed by atoms with Crippen LogP contribution in [0.25, 0.3) is 0 Å². The zero-order valence-corrected chi connectivity index (χ0v) is 13.2. The molecule has 0 unspecified atom stereocenters. The first-order valence-electron chi connectivity index (χ1n) is 6.40. The Balaban J connectivity index is 6.91. The lowest BCUT2D eigenvalue weighted by Crippen LogP contribution is -2.76. The Labute approximate surface area is 155 Å². The summed E-state index contributed by atoms with van der Waals surface area (Å²) in [5, 5.41) is 15.6. The summed E-state index contributed by atoms with van der Waals surface area (Å²) in [6.45, 7) is 0. The quantitative estimate of drug-likeness (QED) is 0.367. The minimum absolute atomic E-state index is 5.12. The third-order valence-corrected chi connectivity index (χ3v) is 3.46. The molecule has 0 aliphatic heterocycles. The van der Waals surface area contributed by atoms with Gasteiger partial charge in [0.2, 0.25) is 0 Å². The lowest BCUT2D eigenvalue weighted by Gasteiger charge is -2.43. The number of alkyl halides is 19. The van der Waals surface area contributed by atoms with Crippen molar-refractivity contribution in [3.63, 3.8) is 0 Å². The molecule has 2 N–H and O–H groups in total. The maximum absolute atomic E-state index is 13.2. The number of halogens is 19. The zero-order valence-electron chi connectivity index (χ0n) is 13.2. The van der Waals surface area contributed by atoms with Crippen LogP contribution in [-0.4, -0.2) is 70.6 Å². The molecule has 2 nitrogen and oxygen atoms in total. The Morgan fingerprint density at radius 2 is 0.516 bits per heavy atom. The summed E-state index contributed by atoms with van der Waals surface area (Å²) in [7, 11) is -5.12. The van der Waals surface area contributed by atoms with Crippen LogP contribution in [0, 0.1) is 0 Å². The number of rotatable bonds is 8. The van der Waals surface area contributed by atoms with E-state index < -0.39 is 60.6 Å². The van der Waals surface area contributed by atoms with Crippen molar-refractivity contribution >= 4 is 7.12 Å². The van der Waals surface area contributed by atoms with E-state index in [9.17, 15) is 83.4 Å². The van der Waals surface area contributed by atoms with Crippen LogP contribution >= 0.6 is 0 Å². The summed E-state index contributed by atoms with van der Waals surface area (Å²) < 4.78 is 242. The molecule has 0 heterocycles. The monoisotopic (exact) mass is 514 g/mol. The molecule has 0 aromatic heterocycles. The molecular weight excluding hydrogens is 512 g/mol. The predicted molar refractivity (Wildman–Crippen MR) is 55.8 cm³/mol. The molecule has 0 atom stereocenters. The standard InChI is InChI=1S/C9H2BF19O2/c11-1(12,3(15,16)5(19,20)7(23,24)9(27,28)29)2(13,14)4(17,18)6(21,22)8(25,26)10(30)31/h30-31H. The lowest BCUT2D eigenvalue weighted by molar-refractivity contribution is -0.466. The van der Waals surface area contributed by atoms with Crippen LogP contribution in [0.2, 0.25) is 0 Å². The van der Waals surface area contributed by atoms with Crippen LogP contribution in [0.1, 0.15) is 0 Å². The van der Waals surface area contributed by atoms with Crippen LogP contribution < -0.4 is 0 Å². The van der Waals surface area contributed by atoms with E-state index in [1.54, 1.807) is 0 Å². The van der Waals surface area contributed by atoms with Gasteiger partial charge in [-0.3, -0.25) is 0 Å². The van der Waals surface area contributed by atoms with Gasteiger partial charge in [0.25, 0.3) is 0 Å². The molecular formula is C9H2BF19O2. The van der Waals surface area contributed by atoms with Gasteiger partial charge < -0.3 is 10.0 Å². The van der Waals surface area contributed by atoms with E-state index in [2.05, 4.69) is 0 Å². The van der Waals surface area contributed by atoms with E-state index in [4.69, 9.17) is 10.0 Å². The van der Waals surface area contributed by atoms with Crippen molar-refractivity contribution in [2.45, 2.75) is 53.5 Å². The van der Waals surface area contributed by atoms with Crippen LogP contribution in [0.3, 0.4) is 0 Å². The Morgan fingerprint density at radius 1 is 0.323 bits per heavy atom. The minimum atomic E-state index is -9.03. The maximum atomic E-state index is 13.2. The lowest BCUT2D eigenvalue weighted by atomic mass is 9.73. The van der Waals surface area contributed by atoms with E-state index in [0.717, 1.165) is 0 Å². The highest BCUT2D eigenvalue weighted by Crippen LogP contribution is 2.65. The average Bonchev–Trinajstić information content (AvgIpc) is 2.52. The van der Waals surface area contributed by atoms with Gasteiger partial charge in [-0.05, 0) is 0 Å². The minimum Gasteiger partial charge on any atom is -0.423 e. The summed E-state index contributed by atoms with van der Waals surface area (Å²) in [4.78, 5) is 0. The van der Waals surface area contributed by atoms with Gasteiger partial charge in [0, 0.05) is 0 Å². The third kappa shape index (κ3) is 3.46. The van der Waals surface area contributed by atoms with E-state index in [-0.39, 0.29) is 0 Å². The van der Waals surface area contributed by atoms with Crippen LogP contribution in [-0.2, 0) is 0 Å². The summed E-state index contributed by atoms with van der Waals surface area (Å²) >= 11 is 0. The van der Waals surface area contributed by atoms with Gasteiger partial charge in [0.15, 0.2) is 0 Å². The van der Waals surface area contributed by atoms with E-state index in [0.29, 0.717) is 0 Å². The summed E-state index contributed by atoms with van der Waals surface area (Å²) in [6, 6.07) is 0. The molecule has 0 aromatic carbocycles. The van der Waals surface area contributed by atoms with Gasteiger partial charge in [-0.2, -0.15) is 74.6 Å². The highest BCUT2D eigenvalue weighted by Gasteiger charge is 2.97. The molecule has 0 aromatic rings. The Hall–Kier alpha value is -1.35. The van der Waals surface area contributed by atoms with Gasteiger partial charge in [-0.15, -0.1) is 0 Å². The molecule has 0 rings (SSSR count). The molecule has 0 amide bonds. The molecule has 186 valence electrons. The second kappa shape index (κ2) is 7.08. The van der Waals surface area contributed by atoms with Crippen LogP contribution in [0.15, 0.2) is 0 Å². The second-order valence-corrected chi connectivity index (χ2v) is 5.52. The van der Waals surface area contributed by atoms with Gasteiger partial charge in [-0.1, -0.05) is 0 Å². The average molecular weight is 514 g/mol. The number of hydrogen-bond acceptors (Lipinski definition) is 2. The summed E-state index contributed by atoms with van der Waals surface area (Å²) in [5.74, 6) is -68.3. The van der Waals surface area contributed by atoms with Crippen molar-refractivity contribution in [3.8, 4) is 0 Å². The first kappa shape index (κ1) is 29.7. The van der Waals surface area contributed by atoms with Crippen molar-refractivity contribution in [2.24, 2.45) is 0 Å². The van der Waals surface area contributed by atoms with Crippen molar-refractivity contribution in [2.75, 3.05) is 0 Å². The highest BCUT2D eigenvalue weighted by atomic mass is 19.4. The maximum Gasteiger partial charge on any atom is 0.536 e. The smallest absolute Gasteiger partial charge is 0.423 e. The molecule has 0 aliphatic carbocycles. The molecule has 0 fully saturated rings. The summed E-state index contributed by atoms with van der Waals surface area (Å²) in [6.07, 6.45) is -7.94. The molecule has 0 aliphatic rings. The normalized spacial score (nSPS) is 16.5. The Kier molecular flexibility index (Phi) is 6.77. The molecule has 31 heavy (non-hydrogen) atoms. The molecule has 0 saturated carbocycles. The first-order chi connectivity index (χ1) is 12.9. The highest BCUT2D eigenvalue weighted by molar-refractivity contribution is 6.44. The van der Waals surface area contributed by atoms with E-state index in [1.165, 1.54) is 0 Å². The molecule has 0 radical (unpaired) electrons. The van der Waals surface area contributed by atoms with Crippen LogP contribution in [0.4, 0.5) is 83.4 Å². The molecule has 22 heteroatoms. The van der Waals surface area contributed by atoms with Gasteiger partial charge in [0.1, 0.15) is 0 Å².